The Morgan fingerprint density at radius 1 is 1.35 bits per heavy atom. The summed E-state index contributed by atoms with van der Waals surface area (Å²) in [6.45, 7) is 1.54. The number of hydrogen-bond acceptors (Lipinski definition) is 4. The largest absolute Gasteiger partial charge is 0.481 e. The van der Waals surface area contributed by atoms with Crippen LogP contribution in [0.3, 0.4) is 0 Å². The number of carboxylic acids is 1. The fraction of sp³-hybridized carbons (Fsp3) is 0.353. The second-order valence-corrected chi connectivity index (χ2v) is 4.85. The molecule has 0 radical (unpaired) electrons. The number of esters is 1. The minimum atomic E-state index is -0.842. The molecule has 1 atom stereocenters. The number of carbonyl (C=O) groups excluding carboxylic acids is 2. The molecule has 0 bridgehead atoms. The fourth-order valence-corrected chi connectivity index (χ4v) is 1.75. The lowest BCUT2D eigenvalue weighted by Gasteiger charge is -2.11. The highest BCUT2D eigenvalue weighted by Gasteiger charge is 2.16. The van der Waals surface area contributed by atoms with Crippen LogP contribution in [0, 0.1) is 11.8 Å². The number of methoxy groups -OCH3 is 1. The highest BCUT2D eigenvalue weighted by Crippen LogP contribution is 2.05. The summed E-state index contributed by atoms with van der Waals surface area (Å²) in [6.07, 6.45) is 1.05. The second-order valence-electron chi connectivity index (χ2n) is 4.85. The molecule has 0 fully saturated rings. The van der Waals surface area contributed by atoms with Crippen molar-refractivity contribution in [2.24, 2.45) is 0 Å². The first-order valence-corrected chi connectivity index (χ1v) is 7.13. The molecule has 0 aliphatic heterocycles. The van der Waals surface area contributed by atoms with Crippen LogP contribution in [0.4, 0.5) is 0 Å². The molecule has 6 nitrogen and oxygen atoms in total. The van der Waals surface area contributed by atoms with Gasteiger partial charge in [0, 0.05) is 24.0 Å². The van der Waals surface area contributed by atoms with Crippen molar-refractivity contribution in [1.29, 1.82) is 0 Å². The number of aliphatic carboxylic acids is 1. The zero-order chi connectivity index (χ0) is 17.2. The lowest BCUT2D eigenvalue weighted by Crippen LogP contribution is -2.39. The summed E-state index contributed by atoms with van der Waals surface area (Å²) in [5, 5.41) is 11.1. The molecule has 0 heterocycles. The van der Waals surface area contributed by atoms with E-state index in [2.05, 4.69) is 21.9 Å². The average molecular weight is 317 g/mol. The maximum Gasteiger partial charge on any atom is 0.328 e. The quantitative estimate of drug-likeness (QED) is 0.472. The second kappa shape index (κ2) is 9.26. The standard InChI is InChI=1S/C17H19NO5/c1-12(17(22)23-2)18-16(21)14-9-6-8-13(11-14)7-4-3-5-10-15(19)20/h6,8-9,11-12H,3,5,10H2,1-2H3,(H,18,21)(H,19,20)/t12-/m1/s1. The third kappa shape index (κ3) is 6.66. The van der Waals surface area contributed by atoms with E-state index >= 15 is 0 Å². The normalized spacial score (nSPS) is 10.9. The van der Waals surface area contributed by atoms with Gasteiger partial charge in [-0.15, -0.1) is 0 Å². The molecule has 0 unspecified atom stereocenters. The van der Waals surface area contributed by atoms with Gasteiger partial charge in [-0.2, -0.15) is 0 Å². The van der Waals surface area contributed by atoms with Crippen LogP contribution < -0.4 is 5.32 Å². The van der Waals surface area contributed by atoms with Gasteiger partial charge in [-0.25, -0.2) is 4.79 Å². The van der Waals surface area contributed by atoms with Crippen molar-refractivity contribution in [2.75, 3.05) is 7.11 Å². The molecule has 0 saturated carbocycles. The molecule has 122 valence electrons. The van der Waals surface area contributed by atoms with E-state index in [1.807, 2.05) is 0 Å². The van der Waals surface area contributed by atoms with E-state index in [1.165, 1.54) is 14.0 Å². The first-order chi connectivity index (χ1) is 10.9. The molecule has 0 aliphatic carbocycles. The zero-order valence-electron chi connectivity index (χ0n) is 13.1. The van der Waals surface area contributed by atoms with Gasteiger partial charge in [0.2, 0.25) is 0 Å². The molecule has 0 spiro atoms. The van der Waals surface area contributed by atoms with Crippen LogP contribution >= 0.6 is 0 Å². The highest BCUT2D eigenvalue weighted by molar-refractivity contribution is 5.96. The SMILES string of the molecule is COC(=O)[C@@H](C)NC(=O)c1cccc(C#CCCCC(=O)O)c1. The van der Waals surface area contributed by atoms with E-state index in [0.29, 0.717) is 24.0 Å². The monoisotopic (exact) mass is 317 g/mol. The summed E-state index contributed by atoms with van der Waals surface area (Å²) in [4.78, 5) is 33.7. The maximum absolute atomic E-state index is 12.0. The Labute approximate surface area is 134 Å². The van der Waals surface area contributed by atoms with Crippen molar-refractivity contribution in [2.45, 2.75) is 32.2 Å². The van der Waals surface area contributed by atoms with Crippen molar-refractivity contribution in [1.82, 2.24) is 5.32 Å². The molecule has 1 amide bonds. The number of carbonyl (C=O) groups is 3. The van der Waals surface area contributed by atoms with E-state index in [-0.39, 0.29) is 6.42 Å². The van der Waals surface area contributed by atoms with Crippen molar-refractivity contribution >= 4 is 17.8 Å². The van der Waals surface area contributed by atoms with Crippen molar-refractivity contribution in [3.05, 3.63) is 35.4 Å². The number of ether oxygens (including phenoxy) is 1. The van der Waals surface area contributed by atoms with Gasteiger partial charge >= 0.3 is 11.9 Å². The van der Waals surface area contributed by atoms with E-state index in [9.17, 15) is 14.4 Å². The van der Waals surface area contributed by atoms with Gasteiger partial charge in [0.15, 0.2) is 0 Å². The Morgan fingerprint density at radius 3 is 2.74 bits per heavy atom. The molecule has 1 rings (SSSR count). The molecular weight excluding hydrogens is 298 g/mol. The predicted molar refractivity (Wildman–Crippen MR) is 83.8 cm³/mol. The van der Waals surface area contributed by atoms with Crippen LogP contribution in [0.2, 0.25) is 0 Å². The van der Waals surface area contributed by atoms with Gasteiger partial charge in [-0.05, 0) is 31.5 Å². The number of carboxylic acid groups (broad SMARTS) is 1. The smallest absolute Gasteiger partial charge is 0.328 e. The van der Waals surface area contributed by atoms with E-state index < -0.39 is 23.9 Å². The number of amides is 1. The zero-order valence-corrected chi connectivity index (χ0v) is 13.1. The van der Waals surface area contributed by atoms with E-state index in [1.54, 1.807) is 24.3 Å². The molecule has 23 heavy (non-hydrogen) atoms. The van der Waals surface area contributed by atoms with Crippen molar-refractivity contribution in [3.8, 4) is 11.8 Å². The van der Waals surface area contributed by atoms with Crippen LogP contribution in [-0.4, -0.2) is 36.1 Å². The lowest BCUT2D eigenvalue weighted by molar-refractivity contribution is -0.142. The Hall–Kier alpha value is -2.81. The Kier molecular flexibility index (Phi) is 7.34. The van der Waals surface area contributed by atoms with E-state index in [4.69, 9.17) is 5.11 Å². The van der Waals surface area contributed by atoms with Crippen LogP contribution in [0.15, 0.2) is 24.3 Å². The number of unbranched alkanes of at least 4 members (excludes halogenated alkanes) is 1. The molecular formula is C17H19NO5. The minimum absolute atomic E-state index is 0.0859. The van der Waals surface area contributed by atoms with Gasteiger partial charge in [-0.3, -0.25) is 9.59 Å². The van der Waals surface area contributed by atoms with Crippen LogP contribution in [-0.2, 0) is 14.3 Å². The van der Waals surface area contributed by atoms with Gasteiger partial charge < -0.3 is 15.2 Å². The first kappa shape index (κ1) is 18.2. The van der Waals surface area contributed by atoms with Gasteiger partial charge in [-0.1, -0.05) is 17.9 Å². The average Bonchev–Trinajstić information content (AvgIpc) is 2.53. The van der Waals surface area contributed by atoms with Gasteiger partial charge in [0.25, 0.3) is 5.91 Å². The Bertz CT molecular complexity index is 642. The lowest BCUT2D eigenvalue weighted by atomic mass is 10.1. The first-order valence-electron chi connectivity index (χ1n) is 7.13. The molecule has 2 N–H and O–H groups in total. The number of benzene rings is 1. The van der Waals surface area contributed by atoms with Gasteiger partial charge in [0.05, 0.1) is 7.11 Å². The third-order valence-corrected chi connectivity index (χ3v) is 2.95. The topological polar surface area (TPSA) is 92.7 Å². The number of nitrogens with one attached hydrogen (secondary N) is 1. The van der Waals surface area contributed by atoms with Gasteiger partial charge in [0.1, 0.15) is 6.04 Å². The maximum atomic E-state index is 12.0. The summed E-state index contributed by atoms with van der Waals surface area (Å²) < 4.78 is 4.55. The van der Waals surface area contributed by atoms with Crippen LogP contribution in [0.1, 0.15) is 42.1 Å². The summed E-state index contributed by atoms with van der Waals surface area (Å²) in [5.74, 6) is 4.00. The molecule has 0 saturated heterocycles. The van der Waals surface area contributed by atoms with Crippen LogP contribution in [0.5, 0.6) is 0 Å². The van der Waals surface area contributed by atoms with Crippen molar-refractivity contribution < 1.29 is 24.2 Å². The highest BCUT2D eigenvalue weighted by atomic mass is 16.5. The Morgan fingerprint density at radius 2 is 2.09 bits per heavy atom. The molecule has 0 aromatic heterocycles. The minimum Gasteiger partial charge on any atom is -0.481 e. The van der Waals surface area contributed by atoms with Crippen molar-refractivity contribution in [3.63, 3.8) is 0 Å². The molecule has 6 heteroatoms. The third-order valence-electron chi connectivity index (χ3n) is 2.95. The Balaban J connectivity index is 2.66. The summed E-state index contributed by atoms with van der Waals surface area (Å²) in [5.41, 5.74) is 1.04. The molecule has 1 aromatic rings. The predicted octanol–water partition coefficient (Wildman–Crippen LogP) is 1.58. The number of rotatable bonds is 6. The van der Waals surface area contributed by atoms with Crippen LogP contribution in [0.25, 0.3) is 0 Å². The summed E-state index contributed by atoms with van der Waals surface area (Å²) >= 11 is 0. The molecule has 0 aliphatic rings. The molecule has 1 aromatic carbocycles. The number of hydrogen-bond donors (Lipinski definition) is 2. The summed E-state index contributed by atoms with van der Waals surface area (Å²) in [6, 6.07) is 5.94. The fourth-order valence-electron chi connectivity index (χ4n) is 1.75. The van der Waals surface area contributed by atoms with E-state index in [0.717, 1.165) is 0 Å². The summed E-state index contributed by atoms with van der Waals surface area (Å²) in [7, 11) is 1.26.